The van der Waals surface area contributed by atoms with E-state index in [1.807, 2.05) is 6.92 Å². The second-order valence-electron chi connectivity index (χ2n) is 3.51. The fourth-order valence-electron chi connectivity index (χ4n) is 1.26. The second-order valence-corrected chi connectivity index (χ2v) is 3.51. The van der Waals surface area contributed by atoms with Crippen LogP contribution < -0.4 is 0 Å². The number of benzene rings is 1. The molecular formula is C13H13FO2. The van der Waals surface area contributed by atoms with Gasteiger partial charge in [-0.1, -0.05) is 18.2 Å². The minimum Gasteiger partial charge on any atom is -0.478 e. The molecule has 0 aliphatic rings. The van der Waals surface area contributed by atoms with Gasteiger partial charge in [0.1, 0.15) is 5.82 Å². The zero-order chi connectivity index (χ0) is 12.1. The van der Waals surface area contributed by atoms with Crippen molar-refractivity contribution in [3.05, 3.63) is 53.4 Å². The Morgan fingerprint density at radius 2 is 2.12 bits per heavy atom. The van der Waals surface area contributed by atoms with Gasteiger partial charge in [-0.15, -0.1) is 0 Å². The van der Waals surface area contributed by atoms with Gasteiger partial charge in [-0.2, -0.15) is 0 Å². The van der Waals surface area contributed by atoms with E-state index < -0.39 is 5.97 Å². The van der Waals surface area contributed by atoms with E-state index in [2.05, 4.69) is 0 Å². The number of aryl methyl sites for hydroxylation is 1. The lowest BCUT2D eigenvalue weighted by atomic mass is 10.0. The molecule has 1 aromatic rings. The summed E-state index contributed by atoms with van der Waals surface area (Å²) in [5, 5.41) is 8.41. The van der Waals surface area contributed by atoms with Crippen LogP contribution in [0.5, 0.6) is 0 Å². The van der Waals surface area contributed by atoms with E-state index in [9.17, 15) is 9.18 Å². The number of carboxylic acid groups (broad SMARTS) is 1. The summed E-state index contributed by atoms with van der Waals surface area (Å²) < 4.78 is 13.0. The number of aliphatic carboxylic acids is 1. The molecule has 0 aromatic heterocycles. The monoisotopic (exact) mass is 220 g/mol. The first-order chi connectivity index (χ1) is 7.50. The van der Waals surface area contributed by atoms with Gasteiger partial charge in [-0.3, -0.25) is 0 Å². The van der Waals surface area contributed by atoms with E-state index in [4.69, 9.17) is 5.11 Å². The summed E-state index contributed by atoms with van der Waals surface area (Å²) in [5.74, 6) is -1.23. The largest absolute Gasteiger partial charge is 0.478 e. The highest BCUT2D eigenvalue weighted by atomic mass is 19.1. The summed E-state index contributed by atoms with van der Waals surface area (Å²) in [6.07, 6.45) is 4.19. The fraction of sp³-hybridized carbons (Fsp3) is 0.154. The maximum absolute atomic E-state index is 13.0. The number of allylic oxidation sites excluding steroid dienone is 3. The van der Waals surface area contributed by atoms with Gasteiger partial charge in [-0.05, 0) is 42.7 Å². The van der Waals surface area contributed by atoms with Gasteiger partial charge in [0.2, 0.25) is 0 Å². The van der Waals surface area contributed by atoms with E-state index >= 15 is 0 Å². The van der Waals surface area contributed by atoms with Crippen molar-refractivity contribution in [2.75, 3.05) is 0 Å². The Kier molecular flexibility index (Phi) is 4.00. The molecule has 0 atom stereocenters. The lowest BCUT2D eigenvalue weighted by molar-refractivity contribution is -0.131. The van der Waals surface area contributed by atoms with Crippen molar-refractivity contribution in [3.63, 3.8) is 0 Å². The molecule has 84 valence electrons. The molecular weight excluding hydrogens is 207 g/mol. The normalized spacial score (nSPS) is 12.1. The third-order valence-corrected chi connectivity index (χ3v) is 2.20. The number of rotatable bonds is 3. The molecule has 0 saturated carbocycles. The predicted octanol–water partition coefficient (Wildman–Crippen LogP) is 3.18. The van der Waals surface area contributed by atoms with Gasteiger partial charge in [0, 0.05) is 6.08 Å². The molecule has 0 heterocycles. The van der Waals surface area contributed by atoms with Gasteiger partial charge in [0.25, 0.3) is 0 Å². The Morgan fingerprint density at radius 3 is 2.69 bits per heavy atom. The summed E-state index contributed by atoms with van der Waals surface area (Å²) in [6, 6.07) is 4.81. The molecule has 0 aliphatic carbocycles. The second kappa shape index (κ2) is 5.26. The Morgan fingerprint density at radius 1 is 1.44 bits per heavy atom. The molecule has 1 rings (SSSR count). The number of carboxylic acids is 1. The van der Waals surface area contributed by atoms with Crippen molar-refractivity contribution < 1.29 is 14.3 Å². The van der Waals surface area contributed by atoms with Crippen LogP contribution in [0.1, 0.15) is 18.1 Å². The van der Waals surface area contributed by atoms with Crippen molar-refractivity contribution in [1.29, 1.82) is 0 Å². The van der Waals surface area contributed by atoms with Crippen LogP contribution >= 0.6 is 0 Å². The number of carbonyl (C=O) groups is 1. The lowest BCUT2D eigenvalue weighted by Gasteiger charge is -2.02. The zero-order valence-corrected chi connectivity index (χ0v) is 9.20. The minimum atomic E-state index is -0.987. The van der Waals surface area contributed by atoms with Crippen LogP contribution in [-0.4, -0.2) is 11.1 Å². The van der Waals surface area contributed by atoms with Gasteiger partial charge >= 0.3 is 5.97 Å². The highest BCUT2D eigenvalue weighted by Crippen LogP contribution is 2.17. The SMILES string of the molecule is C/C(=C\C=C\C(=O)O)c1ccc(F)c(C)c1. The van der Waals surface area contributed by atoms with E-state index in [1.54, 1.807) is 25.1 Å². The molecule has 0 aliphatic heterocycles. The van der Waals surface area contributed by atoms with Crippen LogP contribution in [-0.2, 0) is 4.79 Å². The Labute approximate surface area is 93.7 Å². The molecule has 0 amide bonds. The van der Waals surface area contributed by atoms with Gasteiger partial charge in [0.15, 0.2) is 0 Å². The number of halogens is 1. The molecule has 3 heteroatoms. The third kappa shape index (κ3) is 3.35. The topological polar surface area (TPSA) is 37.3 Å². The van der Waals surface area contributed by atoms with E-state index in [0.717, 1.165) is 17.2 Å². The van der Waals surface area contributed by atoms with Crippen LogP contribution in [0.3, 0.4) is 0 Å². The lowest BCUT2D eigenvalue weighted by Crippen LogP contribution is -1.87. The van der Waals surface area contributed by atoms with Crippen LogP contribution in [0.25, 0.3) is 5.57 Å². The van der Waals surface area contributed by atoms with Crippen LogP contribution in [0.4, 0.5) is 4.39 Å². The summed E-state index contributed by atoms with van der Waals surface area (Å²) in [5.41, 5.74) is 2.35. The van der Waals surface area contributed by atoms with Crippen molar-refractivity contribution in [2.24, 2.45) is 0 Å². The number of hydrogen-bond acceptors (Lipinski definition) is 1. The van der Waals surface area contributed by atoms with Crippen LogP contribution in [0, 0.1) is 12.7 Å². The Bertz CT molecular complexity index is 459. The highest BCUT2D eigenvalue weighted by Gasteiger charge is 1.99. The number of hydrogen-bond donors (Lipinski definition) is 1. The first-order valence-corrected chi connectivity index (χ1v) is 4.85. The zero-order valence-electron chi connectivity index (χ0n) is 9.20. The molecule has 2 nitrogen and oxygen atoms in total. The molecule has 0 saturated heterocycles. The van der Waals surface area contributed by atoms with Gasteiger partial charge < -0.3 is 5.11 Å². The summed E-state index contributed by atoms with van der Waals surface area (Å²) in [4.78, 5) is 10.3. The minimum absolute atomic E-state index is 0.238. The summed E-state index contributed by atoms with van der Waals surface area (Å²) in [7, 11) is 0. The van der Waals surface area contributed by atoms with Crippen molar-refractivity contribution >= 4 is 11.5 Å². The maximum Gasteiger partial charge on any atom is 0.328 e. The molecule has 1 aromatic carbocycles. The van der Waals surface area contributed by atoms with E-state index in [-0.39, 0.29) is 5.82 Å². The van der Waals surface area contributed by atoms with E-state index in [1.165, 1.54) is 12.1 Å². The Hall–Kier alpha value is -1.90. The highest BCUT2D eigenvalue weighted by molar-refractivity contribution is 5.80. The standard InChI is InChI=1S/C13H13FO2/c1-9(4-3-5-13(15)16)11-6-7-12(14)10(2)8-11/h3-8H,1-2H3,(H,15,16)/b5-3+,9-4+. The molecule has 0 unspecified atom stereocenters. The molecule has 1 N–H and O–H groups in total. The molecule has 16 heavy (non-hydrogen) atoms. The van der Waals surface area contributed by atoms with Crippen molar-refractivity contribution in [2.45, 2.75) is 13.8 Å². The summed E-state index contributed by atoms with van der Waals surface area (Å²) >= 11 is 0. The first kappa shape index (κ1) is 12.2. The van der Waals surface area contributed by atoms with E-state index in [0.29, 0.717) is 5.56 Å². The maximum atomic E-state index is 13.0. The Balaban J connectivity index is 2.92. The molecule has 0 spiro atoms. The van der Waals surface area contributed by atoms with Crippen LogP contribution in [0.15, 0.2) is 36.4 Å². The van der Waals surface area contributed by atoms with Gasteiger partial charge in [0.05, 0.1) is 0 Å². The molecule has 0 bridgehead atoms. The third-order valence-electron chi connectivity index (χ3n) is 2.20. The molecule has 0 radical (unpaired) electrons. The van der Waals surface area contributed by atoms with Gasteiger partial charge in [-0.25, -0.2) is 9.18 Å². The van der Waals surface area contributed by atoms with Crippen LogP contribution in [0.2, 0.25) is 0 Å². The first-order valence-electron chi connectivity index (χ1n) is 4.85. The smallest absolute Gasteiger partial charge is 0.328 e. The average Bonchev–Trinajstić information content (AvgIpc) is 2.21. The average molecular weight is 220 g/mol. The summed E-state index contributed by atoms with van der Waals surface area (Å²) in [6.45, 7) is 3.54. The predicted molar refractivity (Wildman–Crippen MR) is 61.6 cm³/mol. The molecule has 0 fully saturated rings. The van der Waals surface area contributed by atoms with Crippen molar-refractivity contribution in [1.82, 2.24) is 0 Å². The van der Waals surface area contributed by atoms with Crippen molar-refractivity contribution in [3.8, 4) is 0 Å². The quantitative estimate of drug-likeness (QED) is 0.627. The fourth-order valence-corrected chi connectivity index (χ4v) is 1.26.